The van der Waals surface area contributed by atoms with Crippen LogP contribution in [0.2, 0.25) is 0 Å². The number of hydrogen-bond acceptors (Lipinski definition) is 2. The minimum absolute atomic E-state index is 0.0329. The molecule has 0 unspecified atom stereocenters. The molecular weight excluding hydrogens is 228 g/mol. The van der Waals surface area contributed by atoms with E-state index in [1.54, 1.807) is 12.1 Å². The third-order valence-corrected chi connectivity index (χ3v) is 2.98. The van der Waals surface area contributed by atoms with Crippen molar-refractivity contribution in [3.63, 3.8) is 0 Å². The molecule has 100 valence electrons. The third kappa shape index (κ3) is 3.49. The van der Waals surface area contributed by atoms with E-state index in [1.807, 2.05) is 0 Å². The monoisotopic (exact) mass is 250 g/mol. The van der Waals surface area contributed by atoms with Gasteiger partial charge in [0.1, 0.15) is 11.3 Å². The molecule has 1 aromatic rings. The van der Waals surface area contributed by atoms with Crippen molar-refractivity contribution in [1.29, 1.82) is 0 Å². The SMILES string of the molecule is CC(C)(C)CC(C)(C)c1ccc(O)c(C(=O)O)c1. The lowest BCUT2D eigenvalue weighted by Gasteiger charge is -2.33. The first-order valence-electron chi connectivity index (χ1n) is 6.10. The van der Waals surface area contributed by atoms with Crippen LogP contribution >= 0.6 is 0 Å². The van der Waals surface area contributed by atoms with Crippen LogP contribution in [-0.4, -0.2) is 16.2 Å². The molecule has 18 heavy (non-hydrogen) atoms. The summed E-state index contributed by atoms with van der Waals surface area (Å²) in [5.41, 5.74) is 0.933. The lowest BCUT2D eigenvalue weighted by Crippen LogP contribution is -2.25. The van der Waals surface area contributed by atoms with Gasteiger partial charge in [0.15, 0.2) is 0 Å². The molecule has 0 heterocycles. The highest BCUT2D eigenvalue weighted by Crippen LogP contribution is 2.37. The van der Waals surface area contributed by atoms with Crippen LogP contribution in [0.3, 0.4) is 0 Å². The molecule has 1 rings (SSSR count). The molecule has 0 fully saturated rings. The Bertz CT molecular complexity index is 453. The standard InChI is InChI=1S/C15H22O3/c1-14(2,3)9-15(4,5)10-6-7-12(16)11(8-10)13(17)18/h6-8,16H,9H2,1-5H3,(H,17,18). The van der Waals surface area contributed by atoms with E-state index in [0.717, 1.165) is 12.0 Å². The summed E-state index contributed by atoms with van der Waals surface area (Å²) in [6.07, 6.45) is 0.934. The molecule has 0 radical (unpaired) electrons. The van der Waals surface area contributed by atoms with Crippen molar-refractivity contribution in [3.8, 4) is 5.75 Å². The van der Waals surface area contributed by atoms with Crippen molar-refractivity contribution in [3.05, 3.63) is 29.3 Å². The number of phenols is 1. The molecule has 0 atom stereocenters. The van der Waals surface area contributed by atoms with Crippen LogP contribution < -0.4 is 0 Å². The van der Waals surface area contributed by atoms with Crippen molar-refractivity contribution in [2.75, 3.05) is 0 Å². The van der Waals surface area contributed by atoms with Gasteiger partial charge in [0, 0.05) is 0 Å². The van der Waals surface area contributed by atoms with Crippen LogP contribution in [0, 0.1) is 5.41 Å². The molecule has 1 aromatic carbocycles. The van der Waals surface area contributed by atoms with Crippen molar-refractivity contribution < 1.29 is 15.0 Å². The van der Waals surface area contributed by atoms with Gasteiger partial charge in [-0.3, -0.25) is 0 Å². The van der Waals surface area contributed by atoms with Crippen LogP contribution in [0.1, 0.15) is 57.0 Å². The number of hydrogen-bond donors (Lipinski definition) is 2. The lowest BCUT2D eigenvalue weighted by molar-refractivity contribution is 0.0693. The predicted molar refractivity (Wildman–Crippen MR) is 72.2 cm³/mol. The largest absolute Gasteiger partial charge is 0.507 e. The van der Waals surface area contributed by atoms with E-state index in [4.69, 9.17) is 5.11 Å². The summed E-state index contributed by atoms with van der Waals surface area (Å²) in [5.74, 6) is -1.28. The Morgan fingerprint density at radius 2 is 1.72 bits per heavy atom. The molecule has 0 saturated carbocycles. The van der Waals surface area contributed by atoms with Gasteiger partial charge in [0.2, 0.25) is 0 Å². The van der Waals surface area contributed by atoms with Gasteiger partial charge in [0.05, 0.1) is 0 Å². The summed E-state index contributed by atoms with van der Waals surface area (Å²) in [5, 5.41) is 18.6. The topological polar surface area (TPSA) is 57.5 Å². The zero-order valence-corrected chi connectivity index (χ0v) is 11.7. The highest BCUT2D eigenvalue weighted by Gasteiger charge is 2.28. The number of aromatic carboxylic acids is 1. The second-order valence-electron chi connectivity index (χ2n) is 6.66. The maximum atomic E-state index is 11.0. The Morgan fingerprint density at radius 1 is 1.17 bits per heavy atom. The summed E-state index contributed by atoms with van der Waals surface area (Å²) >= 11 is 0. The van der Waals surface area contributed by atoms with Crippen molar-refractivity contribution >= 4 is 5.97 Å². The first kappa shape index (κ1) is 14.6. The smallest absolute Gasteiger partial charge is 0.339 e. The number of benzene rings is 1. The average Bonchev–Trinajstić information content (AvgIpc) is 2.13. The predicted octanol–water partition coefficient (Wildman–Crippen LogP) is 3.80. The number of rotatable bonds is 3. The molecular formula is C15H22O3. The zero-order valence-electron chi connectivity index (χ0n) is 11.7. The summed E-state index contributed by atoms with van der Waals surface area (Å²) in [6.45, 7) is 10.7. The van der Waals surface area contributed by atoms with Gasteiger partial charge >= 0.3 is 5.97 Å². The van der Waals surface area contributed by atoms with E-state index in [1.165, 1.54) is 6.07 Å². The maximum absolute atomic E-state index is 11.0. The van der Waals surface area contributed by atoms with Gasteiger partial charge in [0.25, 0.3) is 0 Å². The van der Waals surface area contributed by atoms with Crippen molar-refractivity contribution in [2.24, 2.45) is 5.41 Å². The molecule has 3 nitrogen and oxygen atoms in total. The number of carboxylic acids is 1. The quantitative estimate of drug-likeness (QED) is 0.857. The van der Waals surface area contributed by atoms with Gasteiger partial charge in [-0.05, 0) is 34.9 Å². The van der Waals surface area contributed by atoms with Crippen LogP contribution in [0.15, 0.2) is 18.2 Å². The second kappa shape index (κ2) is 4.63. The van der Waals surface area contributed by atoms with E-state index in [-0.39, 0.29) is 22.1 Å². The summed E-state index contributed by atoms with van der Waals surface area (Å²) in [6, 6.07) is 4.83. The van der Waals surface area contributed by atoms with E-state index in [0.29, 0.717) is 0 Å². The molecule has 2 N–H and O–H groups in total. The molecule has 0 aromatic heterocycles. The van der Waals surface area contributed by atoms with Crippen molar-refractivity contribution in [2.45, 2.75) is 46.5 Å². The normalized spacial score (nSPS) is 12.5. The van der Waals surface area contributed by atoms with Gasteiger partial charge in [-0.25, -0.2) is 4.79 Å². The summed E-state index contributed by atoms with van der Waals surface area (Å²) in [4.78, 5) is 11.0. The molecule has 0 aliphatic rings. The summed E-state index contributed by atoms with van der Waals surface area (Å²) in [7, 11) is 0. The molecule has 0 saturated heterocycles. The Kier molecular flexibility index (Phi) is 3.75. The van der Waals surface area contributed by atoms with E-state index in [9.17, 15) is 9.90 Å². The molecule has 0 aliphatic carbocycles. The van der Waals surface area contributed by atoms with E-state index >= 15 is 0 Å². The third-order valence-electron chi connectivity index (χ3n) is 2.98. The minimum atomic E-state index is -1.10. The molecule has 3 heteroatoms. The van der Waals surface area contributed by atoms with Crippen LogP contribution in [-0.2, 0) is 5.41 Å². The Balaban J connectivity index is 3.17. The Morgan fingerprint density at radius 3 is 2.17 bits per heavy atom. The molecule has 0 amide bonds. The van der Waals surface area contributed by atoms with Gasteiger partial charge < -0.3 is 10.2 Å². The number of aromatic hydroxyl groups is 1. The first-order chi connectivity index (χ1) is 8.03. The van der Waals surface area contributed by atoms with Crippen LogP contribution in [0.4, 0.5) is 0 Å². The van der Waals surface area contributed by atoms with E-state index in [2.05, 4.69) is 34.6 Å². The first-order valence-corrected chi connectivity index (χ1v) is 6.10. The highest BCUT2D eigenvalue weighted by molar-refractivity contribution is 5.91. The minimum Gasteiger partial charge on any atom is -0.507 e. The van der Waals surface area contributed by atoms with Gasteiger partial charge in [-0.2, -0.15) is 0 Å². The van der Waals surface area contributed by atoms with Crippen LogP contribution in [0.25, 0.3) is 0 Å². The lowest BCUT2D eigenvalue weighted by atomic mass is 9.72. The molecule has 0 aliphatic heterocycles. The summed E-state index contributed by atoms with van der Waals surface area (Å²) < 4.78 is 0. The number of carbonyl (C=O) groups is 1. The van der Waals surface area contributed by atoms with E-state index < -0.39 is 5.97 Å². The zero-order chi connectivity index (χ0) is 14.1. The Labute approximate surface area is 108 Å². The van der Waals surface area contributed by atoms with Crippen molar-refractivity contribution in [1.82, 2.24) is 0 Å². The average molecular weight is 250 g/mol. The number of carboxylic acid groups (broad SMARTS) is 1. The maximum Gasteiger partial charge on any atom is 0.339 e. The fraction of sp³-hybridized carbons (Fsp3) is 0.533. The Hall–Kier alpha value is -1.51. The van der Waals surface area contributed by atoms with Gasteiger partial charge in [-0.15, -0.1) is 0 Å². The highest BCUT2D eigenvalue weighted by atomic mass is 16.4. The molecule has 0 bridgehead atoms. The fourth-order valence-electron chi connectivity index (χ4n) is 2.56. The van der Waals surface area contributed by atoms with Crippen LogP contribution in [0.5, 0.6) is 5.75 Å². The fourth-order valence-corrected chi connectivity index (χ4v) is 2.56. The molecule has 0 spiro atoms. The van der Waals surface area contributed by atoms with Gasteiger partial charge in [-0.1, -0.05) is 40.7 Å². The second-order valence-corrected chi connectivity index (χ2v) is 6.66.